The SMILES string of the molecule is CC(=O)OCCN(CCCNC(=S)OCCN(CCOC(=S)NCCCN(CCOC(C)=O)CCOC(C)=O)CCOC(=S)NCCCN(CCOC(C)=O)CCOC(C)=O)CCOC(C)=O. The summed E-state index contributed by atoms with van der Waals surface area (Å²) in [5.74, 6) is -2.18. The van der Waals surface area contributed by atoms with E-state index in [1.165, 1.54) is 41.5 Å². The Kier molecular flexibility index (Phi) is 39.2. The molecular weight excluding hydrogens is 939 g/mol. The molecule has 0 radical (unpaired) electrons. The Morgan fingerprint density at radius 2 is 0.463 bits per heavy atom. The topological polar surface area (TPSA) is 235 Å². The maximum Gasteiger partial charge on any atom is 0.302 e. The van der Waals surface area contributed by atoms with Crippen molar-refractivity contribution in [1.29, 1.82) is 0 Å². The Bertz CT molecular complexity index is 1240. The first-order chi connectivity index (χ1) is 32.0. The molecule has 0 fully saturated rings. The van der Waals surface area contributed by atoms with Crippen molar-refractivity contribution in [2.75, 3.05) is 158 Å². The number of rotatable bonds is 39. The molecule has 0 aromatic carbocycles. The van der Waals surface area contributed by atoms with Crippen molar-refractivity contribution in [2.24, 2.45) is 0 Å². The second-order valence-corrected chi connectivity index (χ2v) is 15.8. The first-order valence-corrected chi connectivity index (χ1v) is 23.6. The molecule has 0 aliphatic carbocycles. The van der Waals surface area contributed by atoms with Crippen molar-refractivity contribution in [3.63, 3.8) is 0 Å². The van der Waals surface area contributed by atoms with Gasteiger partial charge in [-0.15, -0.1) is 0 Å². The van der Waals surface area contributed by atoms with Gasteiger partial charge < -0.3 is 58.6 Å². The van der Waals surface area contributed by atoms with Crippen LogP contribution in [0.3, 0.4) is 0 Å². The zero-order valence-electron chi connectivity index (χ0n) is 40.2. The summed E-state index contributed by atoms with van der Waals surface area (Å²) in [7, 11) is 0. The molecule has 0 saturated carbocycles. The van der Waals surface area contributed by atoms with Crippen LogP contribution in [0.1, 0.15) is 60.8 Å². The molecule has 0 aromatic heterocycles. The van der Waals surface area contributed by atoms with E-state index in [0.29, 0.717) is 117 Å². The molecule has 0 spiro atoms. The molecule has 0 saturated heterocycles. The third kappa shape index (κ3) is 44.0. The lowest BCUT2D eigenvalue weighted by Crippen LogP contribution is -2.38. The van der Waals surface area contributed by atoms with E-state index in [2.05, 4.69) is 20.9 Å². The Balaban J connectivity index is 5.10. The molecular formula is C42H75N7O15S3. The maximum absolute atomic E-state index is 11.2. The summed E-state index contributed by atoms with van der Waals surface area (Å²) >= 11 is 16.3. The van der Waals surface area contributed by atoms with Crippen molar-refractivity contribution in [1.82, 2.24) is 35.6 Å². The molecule has 0 atom stereocenters. The number of ether oxygens (including phenoxy) is 9. The third-order valence-electron chi connectivity index (χ3n) is 8.96. The average Bonchev–Trinajstić information content (AvgIpc) is 3.23. The lowest BCUT2D eigenvalue weighted by Gasteiger charge is -2.24. The van der Waals surface area contributed by atoms with Crippen LogP contribution < -0.4 is 16.0 Å². The van der Waals surface area contributed by atoms with Gasteiger partial charge in [0, 0.05) is 140 Å². The molecule has 67 heavy (non-hydrogen) atoms. The fraction of sp³-hybridized carbons (Fsp3) is 0.786. The Morgan fingerprint density at radius 1 is 0.299 bits per heavy atom. The summed E-state index contributed by atoms with van der Waals surface area (Å²) in [5.41, 5.74) is 0. The van der Waals surface area contributed by atoms with E-state index in [1.807, 2.05) is 14.7 Å². The van der Waals surface area contributed by atoms with E-state index in [0.717, 1.165) is 0 Å². The third-order valence-corrected chi connectivity index (χ3v) is 9.75. The fourth-order valence-corrected chi connectivity index (χ4v) is 6.24. The largest absolute Gasteiger partial charge is 0.470 e. The Morgan fingerprint density at radius 3 is 0.642 bits per heavy atom. The van der Waals surface area contributed by atoms with Gasteiger partial charge in [-0.1, -0.05) is 0 Å². The van der Waals surface area contributed by atoms with Gasteiger partial charge >= 0.3 is 35.8 Å². The first kappa shape index (κ1) is 62.7. The number of hydrogen-bond acceptors (Lipinski definition) is 22. The van der Waals surface area contributed by atoms with Gasteiger partial charge in [-0.25, -0.2) is 0 Å². The van der Waals surface area contributed by atoms with Crippen molar-refractivity contribution < 1.29 is 71.4 Å². The predicted molar refractivity (Wildman–Crippen MR) is 259 cm³/mol. The summed E-state index contributed by atoms with van der Waals surface area (Å²) in [6.07, 6.45) is 2.09. The minimum absolute atomic E-state index is 0.227. The second kappa shape index (κ2) is 41.9. The van der Waals surface area contributed by atoms with Gasteiger partial charge in [0.25, 0.3) is 15.5 Å². The van der Waals surface area contributed by atoms with Gasteiger partial charge in [-0.2, -0.15) is 0 Å². The Labute approximate surface area is 411 Å². The lowest BCUT2D eigenvalue weighted by atomic mass is 10.3. The minimum atomic E-state index is -0.363. The second-order valence-electron chi connectivity index (χ2n) is 14.7. The van der Waals surface area contributed by atoms with Crippen molar-refractivity contribution >= 4 is 88.0 Å². The molecule has 0 heterocycles. The number of esters is 6. The molecule has 386 valence electrons. The highest BCUT2D eigenvalue weighted by molar-refractivity contribution is 7.80. The van der Waals surface area contributed by atoms with Crippen LogP contribution in [0.2, 0.25) is 0 Å². The van der Waals surface area contributed by atoms with E-state index >= 15 is 0 Å². The molecule has 0 unspecified atom stereocenters. The summed E-state index contributed by atoms with van der Waals surface area (Å²) in [5, 5.41) is 10.0. The number of carbonyl (C=O) groups excluding carboxylic acids is 6. The van der Waals surface area contributed by atoms with Gasteiger partial charge in [0.1, 0.15) is 59.5 Å². The standard InChI is InChI=1S/C42H75N7O15S3/c1-34(50)56-25-16-46(17-26-57-35(2)51)13-7-10-43-40(65)62-31-22-49(23-32-63-41(66)44-11-8-14-47(18-27-58-36(3)52)19-28-59-37(4)53)24-33-64-42(67)45-12-9-15-48(20-29-60-38(5)54)21-30-61-39(6)55/h7-33H2,1-6H3,(H,43,65)(H,44,66)(H,45,67). The van der Waals surface area contributed by atoms with Gasteiger partial charge in [-0.3, -0.25) is 48.4 Å². The van der Waals surface area contributed by atoms with Crippen LogP contribution in [0.5, 0.6) is 0 Å². The van der Waals surface area contributed by atoms with E-state index < -0.39 is 0 Å². The molecule has 0 bridgehead atoms. The van der Waals surface area contributed by atoms with E-state index in [9.17, 15) is 28.8 Å². The highest BCUT2D eigenvalue weighted by atomic mass is 32.1. The first-order valence-electron chi connectivity index (χ1n) is 22.4. The summed E-state index contributed by atoms with van der Waals surface area (Å²) < 4.78 is 47.8. The van der Waals surface area contributed by atoms with Crippen LogP contribution in [-0.2, 0) is 71.4 Å². The number of thiocarbonyl (C=S) groups is 3. The number of nitrogens with zero attached hydrogens (tertiary/aromatic N) is 4. The van der Waals surface area contributed by atoms with Crippen LogP contribution in [-0.4, -0.2) is 229 Å². The highest BCUT2D eigenvalue weighted by Crippen LogP contribution is 1.99. The van der Waals surface area contributed by atoms with Crippen LogP contribution in [0, 0.1) is 0 Å². The van der Waals surface area contributed by atoms with Crippen LogP contribution >= 0.6 is 36.7 Å². The molecule has 25 heteroatoms. The lowest BCUT2D eigenvalue weighted by molar-refractivity contribution is -0.143. The molecule has 22 nitrogen and oxygen atoms in total. The zero-order chi connectivity index (χ0) is 50.1. The summed E-state index contributed by atoms with van der Waals surface area (Å²) in [6.45, 7) is 18.1. The number of nitrogens with one attached hydrogen (secondary N) is 3. The molecule has 3 N–H and O–H groups in total. The van der Waals surface area contributed by atoms with Crippen LogP contribution in [0.25, 0.3) is 0 Å². The van der Waals surface area contributed by atoms with Crippen LogP contribution in [0.4, 0.5) is 0 Å². The highest BCUT2D eigenvalue weighted by Gasteiger charge is 2.13. The zero-order valence-corrected chi connectivity index (χ0v) is 42.7. The predicted octanol–water partition coefficient (Wildman–Crippen LogP) is 0.417. The minimum Gasteiger partial charge on any atom is -0.470 e. The van der Waals surface area contributed by atoms with Crippen molar-refractivity contribution in [3.8, 4) is 0 Å². The van der Waals surface area contributed by atoms with Crippen molar-refractivity contribution in [2.45, 2.75) is 60.8 Å². The molecule has 0 amide bonds. The monoisotopic (exact) mass is 1010 g/mol. The average molecular weight is 1010 g/mol. The van der Waals surface area contributed by atoms with Crippen molar-refractivity contribution in [3.05, 3.63) is 0 Å². The molecule has 0 aromatic rings. The molecule has 0 rings (SSSR count). The van der Waals surface area contributed by atoms with E-state index in [-0.39, 0.29) is 111 Å². The smallest absolute Gasteiger partial charge is 0.302 e. The quantitative estimate of drug-likeness (QED) is 0.0328. The van der Waals surface area contributed by atoms with E-state index in [1.54, 1.807) is 0 Å². The van der Waals surface area contributed by atoms with Crippen LogP contribution in [0.15, 0.2) is 0 Å². The van der Waals surface area contributed by atoms with Gasteiger partial charge in [0.05, 0.1) is 0 Å². The maximum atomic E-state index is 11.2. The molecule has 0 aliphatic rings. The van der Waals surface area contributed by atoms with Gasteiger partial charge in [0.15, 0.2) is 0 Å². The van der Waals surface area contributed by atoms with Gasteiger partial charge in [0.2, 0.25) is 0 Å². The number of hydrogen-bond donors (Lipinski definition) is 3. The van der Waals surface area contributed by atoms with E-state index in [4.69, 9.17) is 79.3 Å². The summed E-state index contributed by atoms with van der Waals surface area (Å²) in [4.78, 5) is 75.3. The normalized spacial score (nSPS) is 10.8. The number of carbonyl (C=O) groups is 6. The fourth-order valence-electron chi connectivity index (χ4n) is 5.69. The summed E-state index contributed by atoms with van der Waals surface area (Å²) in [6, 6.07) is 0. The molecule has 0 aliphatic heterocycles. The van der Waals surface area contributed by atoms with Gasteiger partial charge in [-0.05, 0) is 55.9 Å². The Hall–Kier alpha value is -4.27.